The molecule has 1 N–H and O–H groups in total. The molecule has 94 valence electrons. The van der Waals surface area contributed by atoms with Gasteiger partial charge in [0, 0.05) is 12.8 Å². The molecule has 0 saturated carbocycles. The number of halogens is 2. The molecule has 1 unspecified atom stereocenters. The van der Waals surface area contributed by atoms with Gasteiger partial charge in [0.2, 0.25) is 0 Å². The maximum Gasteiger partial charge on any atom is 0.256 e. The van der Waals surface area contributed by atoms with Gasteiger partial charge in [-0.3, -0.25) is 4.79 Å². The molecule has 0 spiro atoms. The zero-order chi connectivity index (χ0) is 13.1. The zero-order valence-corrected chi connectivity index (χ0v) is 11.5. The monoisotopic (exact) mass is 275 g/mol. The van der Waals surface area contributed by atoms with E-state index in [1.165, 1.54) is 7.11 Å². The van der Waals surface area contributed by atoms with E-state index in [9.17, 15) is 4.79 Å². The maximum atomic E-state index is 12.0. The van der Waals surface area contributed by atoms with E-state index in [0.717, 1.165) is 0 Å². The van der Waals surface area contributed by atoms with E-state index in [4.69, 9.17) is 27.9 Å². The van der Waals surface area contributed by atoms with Gasteiger partial charge < -0.3 is 10.1 Å². The van der Waals surface area contributed by atoms with Crippen LogP contribution < -0.4 is 5.32 Å². The van der Waals surface area contributed by atoms with Crippen LogP contribution in [0.15, 0.2) is 18.2 Å². The summed E-state index contributed by atoms with van der Waals surface area (Å²) >= 11 is 11.7. The Morgan fingerprint density at radius 2 is 2.06 bits per heavy atom. The molecule has 1 amide bonds. The highest BCUT2D eigenvalue weighted by molar-refractivity contribution is 6.42. The lowest BCUT2D eigenvalue weighted by atomic mass is 10.0. The highest BCUT2D eigenvalue weighted by atomic mass is 35.5. The zero-order valence-electron chi connectivity index (χ0n) is 10.0. The number of hydrogen-bond acceptors (Lipinski definition) is 2. The van der Waals surface area contributed by atoms with Gasteiger partial charge in [-0.25, -0.2) is 0 Å². The van der Waals surface area contributed by atoms with Crippen molar-refractivity contribution in [1.29, 1.82) is 0 Å². The molecule has 3 nitrogen and oxygen atoms in total. The summed E-state index contributed by atoms with van der Waals surface area (Å²) in [6.07, 6.45) is 0.580. The molecule has 0 heterocycles. The third-order valence-corrected chi connectivity index (χ3v) is 3.52. The first-order valence-electron chi connectivity index (χ1n) is 5.24. The second-order valence-corrected chi connectivity index (χ2v) is 4.69. The Kier molecular flexibility index (Phi) is 4.80. The summed E-state index contributed by atoms with van der Waals surface area (Å²) in [5, 5.41) is 3.60. The van der Waals surface area contributed by atoms with Crippen LogP contribution in [0.1, 0.15) is 20.3 Å². The van der Waals surface area contributed by atoms with Crippen LogP contribution >= 0.6 is 23.2 Å². The van der Waals surface area contributed by atoms with Crippen molar-refractivity contribution in [2.45, 2.75) is 25.9 Å². The van der Waals surface area contributed by atoms with Crippen molar-refractivity contribution in [2.75, 3.05) is 12.4 Å². The number of carbonyl (C=O) groups is 1. The number of carbonyl (C=O) groups excluding carboxylic acids is 1. The van der Waals surface area contributed by atoms with Crippen LogP contribution in [0.4, 0.5) is 5.69 Å². The lowest BCUT2D eigenvalue weighted by molar-refractivity contribution is -0.136. The van der Waals surface area contributed by atoms with Crippen molar-refractivity contribution in [2.24, 2.45) is 0 Å². The van der Waals surface area contributed by atoms with Crippen molar-refractivity contribution in [3.05, 3.63) is 28.2 Å². The normalized spacial score (nSPS) is 14.2. The second-order valence-electron chi connectivity index (χ2n) is 3.87. The average Bonchev–Trinajstić information content (AvgIpc) is 2.32. The summed E-state index contributed by atoms with van der Waals surface area (Å²) < 4.78 is 5.20. The topological polar surface area (TPSA) is 38.3 Å². The van der Waals surface area contributed by atoms with Gasteiger partial charge in [0.15, 0.2) is 0 Å². The number of benzene rings is 1. The standard InChI is InChI=1S/C12H15Cl2NO2/c1-4-12(2,17-3)11(16)15-8-5-6-9(13)10(14)7-8/h5-7H,4H2,1-3H3,(H,15,16). The number of anilines is 1. The van der Waals surface area contributed by atoms with Crippen molar-refractivity contribution in [3.8, 4) is 0 Å². The molecule has 0 aromatic heterocycles. The first-order chi connectivity index (χ1) is 7.92. The quantitative estimate of drug-likeness (QED) is 0.909. The smallest absolute Gasteiger partial charge is 0.256 e. The largest absolute Gasteiger partial charge is 0.369 e. The van der Waals surface area contributed by atoms with E-state index in [2.05, 4.69) is 5.32 Å². The fraction of sp³-hybridized carbons (Fsp3) is 0.417. The molecule has 0 aliphatic carbocycles. The second kappa shape index (κ2) is 5.71. The fourth-order valence-corrected chi connectivity index (χ4v) is 1.53. The minimum absolute atomic E-state index is 0.208. The van der Waals surface area contributed by atoms with Crippen LogP contribution in [0.2, 0.25) is 10.0 Å². The van der Waals surface area contributed by atoms with E-state index in [0.29, 0.717) is 22.2 Å². The molecule has 0 saturated heterocycles. The van der Waals surface area contributed by atoms with Crippen LogP contribution in [-0.2, 0) is 9.53 Å². The minimum atomic E-state index is -0.841. The Labute approximate surface area is 111 Å². The molecule has 1 aromatic carbocycles. The Bertz CT molecular complexity index is 417. The summed E-state index contributed by atoms with van der Waals surface area (Å²) in [5.74, 6) is -0.208. The first kappa shape index (κ1) is 14.3. The number of amides is 1. The van der Waals surface area contributed by atoms with Crippen LogP contribution in [0.5, 0.6) is 0 Å². The van der Waals surface area contributed by atoms with E-state index in [-0.39, 0.29) is 5.91 Å². The molecule has 1 rings (SSSR count). The van der Waals surface area contributed by atoms with Crippen LogP contribution in [0.25, 0.3) is 0 Å². The van der Waals surface area contributed by atoms with Crippen molar-refractivity contribution in [1.82, 2.24) is 0 Å². The van der Waals surface area contributed by atoms with Crippen LogP contribution in [0.3, 0.4) is 0 Å². The lowest BCUT2D eigenvalue weighted by Gasteiger charge is -2.25. The van der Waals surface area contributed by atoms with Crippen molar-refractivity contribution < 1.29 is 9.53 Å². The summed E-state index contributed by atoms with van der Waals surface area (Å²) in [4.78, 5) is 12.0. The molecule has 0 aliphatic rings. The third-order valence-electron chi connectivity index (χ3n) is 2.78. The number of rotatable bonds is 4. The number of methoxy groups -OCH3 is 1. The van der Waals surface area contributed by atoms with Gasteiger partial charge in [0.25, 0.3) is 5.91 Å². The first-order valence-corrected chi connectivity index (χ1v) is 6.00. The Balaban J connectivity index is 2.84. The van der Waals surface area contributed by atoms with Crippen LogP contribution in [0, 0.1) is 0 Å². The number of hydrogen-bond donors (Lipinski definition) is 1. The van der Waals surface area contributed by atoms with Crippen molar-refractivity contribution >= 4 is 34.8 Å². The van der Waals surface area contributed by atoms with E-state index >= 15 is 0 Å². The molecule has 0 aliphatic heterocycles. The van der Waals surface area contributed by atoms with Gasteiger partial charge in [0.1, 0.15) is 5.60 Å². The molecule has 1 atom stereocenters. The van der Waals surface area contributed by atoms with Gasteiger partial charge in [-0.05, 0) is 31.5 Å². The molecule has 1 aromatic rings. The summed E-state index contributed by atoms with van der Waals surface area (Å²) in [6, 6.07) is 4.93. The van der Waals surface area contributed by atoms with Crippen molar-refractivity contribution in [3.63, 3.8) is 0 Å². The molecule has 5 heteroatoms. The molecule has 0 radical (unpaired) electrons. The molecular formula is C12H15Cl2NO2. The number of ether oxygens (including phenoxy) is 1. The minimum Gasteiger partial charge on any atom is -0.369 e. The van der Waals surface area contributed by atoms with Gasteiger partial charge in [-0.2, -0.15) is 0 Å². The highest BCUT2D eigenvalue weighted by Gasteiger charge is 2.30. The molecule has 0 fully saturated rings. The predicted molar refractivity (Wildman–Crippen MR) is 70.8 cm³/mol. The van der Waals surface area contributed by atoms with Gasteiger partial charge in [-0.1, -0.05) is 30.1 Å². The average molecular weight is 276 g/mol. The third kappa shape index (κ3) is 3.35. The Morgan fingerprint density at radius 1 is 1.41 bits per heavy atom. The van der Waals surface area contributed by atoms with E-state index < -0.39 is 5.60 Å². The maximum absolute atomic E-state index is 12.0. The van der Waals surface area contributed by atoms with E-state index in [1.54, 1.807) is 25.1 Å². The van der Waals surface area contributed by atoms with Gasteiger partial charge >= 0.3 is 0 Å². The van der Waals surface area contributed by atoms with Gasteiger partial charge in [-0.15, -0.1) is 0 Å². The highest BCUT2D eigenvalue weighted by Crippen LogP contribution is 2.26. The lowest BCUT2D eigenvalue weighted by Crippen LogP contribution is -2.41. The Morgan fingerprint density at radius 3 is 2.53 bits per heavy atom. The fourth-order valence-electron chi connectivity index (χ4n) is 1.23. The summed E-state index contributed by atoms with van der Waals surface area (Å²) in [7, 11) is 1.51. The SMILES string of the molecule is CCC(C)(OC)C(=O)Nc1ccc(Cl)c(Cl)c1. The predicted octanol–water partition coefficient (Wildman–Crippen LogP) is 3.75. The molecule has 0 bridgehead atoms. The summed E-state index contributed by atoms with van der Waals surface area (Å²) in [6.45, 7) is 3.62. The summed E-state index contributed by atoms with van der Waals surface area (Å²) in [5.41, 5.74) is -0.243. The molecular weight excluding hydrogens is 261 g/mol. The molecule has 17 heavy (non-hydrogen) atoms. The van der Waals surface area contributed by atoms with E-state index in [1.807, 2.05) is 6.92 Å². The Hall–Kier alpha value is -0.770. The number of nitrogens with one attached hydrogen (secondary N) is 1. The van der Waals surface area contributed by atoms with Gasteiger partial charge in [0.05, 0.1) is 10.0 Å². The van der Waals surface area contributed by atoms with Crippen LogP contribution in [-0.4, -0.2) is 18.6 Å².